The summed E-state index contributed by atoms with van der Waals surface area (Å²) in [5.74, 6) is -0.678. The first-order valence-corrected chi connectivity index (χ1v) is 9.07. The van der Waals surface area contributed by atoms with Gasteiger partial charge in [0.25, 0.3) is 11.5 Å². The Balaban J connectivity index is 2.02. The number of nitrogens with one attached hydrogen (secondary N) is 1. The van der Waals surface area contributed by atoms with Crippen LogP contribution in [-0.2, 0) is 13.1 Å². The van der Waals surface area contributed by atoms with Gasteiger partial charge in [-0.1, -0.05) is 24.6 Å². The Morgan fingerprint density at radius 3 is 2.54 bits per heavy atom. The van der Waals surface area contributed by atoms with E-state index in [4.69, 9.17) is 11.6 Å². The molecule has 0 saturated carbocycles. The van der Waals surface area contributed by atoms with Gasteiger partial charge in [-0.25, -0.2) is 4.79 Å². The lowest BCUT2D eigenvalue weighted by molar-refractivity contribution is 0.0940. The Hall–Kier alpha value is -3.26. The normalized spacial score (nSPS) is 10.6. The molecule has 3 rings (SSSR count). The number of pyridine rings is 1. The molecular weight excluding hydrogens is 382 g/mol. The smallest absolute Gasteiger partial charge is 0.345 e. The number of benzene rings is 1. The minimum atomic E-state index is -0.726. The van der Waals surface area contributed by atoms with E-state index in [2.05, 4.69) is 15.4 Å². The summed E-state index contributed by atoms with van der Waals surface area (Å²) in [6.07, 6.45) is 2.16. The van der Waals surface area contributed by atoms with Crippen LogP contribution in [0.15, 0.2) is 58.3 Å². The molecule has 0 aliphatic heterocycles. The maximum Gasteiger partial charge on any atom is 0.352 e. The fourth-order valence-electron chi connectivity index (χ4n) is 2.59. The van der Waals surface area contributed by atoms with Gasteiger partial charge < -0.3 is 5.32 Å². The van der Waals surface area contributed by atoms with Crippen molar-refractivity contribution in [2.75, 3.05) is 0 Å². The first kappa shape index (κ1) is 19.5. The number of amides is 1. The van der Waals surface area contributed by atoms with Crippen molar-refractivity contribution in [3.63, 3.8) is 0 Å². The van der Waals surface area contributed by atoms with Crippen molar-refractivity contribution >= 4 is 17.5 Å². The van der Waals surface area contributed by atoms with Crippen molar-refractivity contribution in [3.8, 4) is 5.69 Å². The molecule has 0 aliphatic carbocycles. The third-order valence-electron chi connectivity index (χ3n) is 3.95. The van der Waals surface area contributed by atoms with Gasteiger partial charge in [-0.15, -0.1) is 0 Å². The molecule has 1 aromatic carbocycles. The molecule has 0 atom stereocenters. The number of nitrogens with zero attached hydrogens (tertiary/aromatic N) is 4. The second-order valence-electron chi connectivity index (χ2n) is 5.98. The van der Waals surface area contributed by atoms with E-state index < -0.39 is 17.2 Å². The molecule has 0 radical (unpaired) electrons. The predicted molar refractivity (Wildman–Crippen MR) is 105 cm³/mol. The molecule has 0 fully saturated rings. The summed E-state index contributed by atoms with van der Waals surface area (Å²) in [5.41, 5.74) is -0.668. The Kier molecular flexibility index (Phi) is 6.00. The molecule has 8 nitrogen and oxygen atoms in total. The van der Waals surface area contributed by atoms with Gasteiger partial charge >= 0.3 is 5.69 Å². The molecule has 144 valence electrons. The molecule has 3 aromatic rings. The van der Waals surface area contributed by atoms with Crippen LogP contribution >= 0.6 is 11.6 Å². The fourth-order valence-corrected chi connectivity index (χ4v) is 2.71. The third kappa shape index (κ3) is 4.17. The van der Waals surface area contributed by atoms with Crippen molar-refractivity contribution in [1.82, 2.24) is 24.6 Å². The molecule has 1 N–H and O–H groups in total. The van der Waals surface area contributed by atoms with Crippen molar-refractivity contribution < 1.29 is 4.79 Å². The maximum atomic E-state index is 12.7. The van der Waals surface area contributed by atoms with Crippen LogP contribution in [0.1, 0.15) is 29.5 Å². The molecule has 1 amide bonds. The summed E-state index contributed by atoms with van der Waals surface area (Å²) in [5, 5.41) is 7.13. The van der Waals surface area contributed by atoms with E-state index in [0.717, 1.165) is 9.25 Å². The largest absolute Gasteiger partial charge is 0.352 e. The number of hydrogen-bond acceptors (Lipinski definition) is 5. The van der Waals surface area contributed by atoms with E-state index in [9.17, 15) is 14.4 Å². The van der Waals surface area contributed by atoms with Gasteiger partial charge in [0.1, 0.15) is 0 Å². The molecule has 2 aromatic heterocycles. The molecular formula is C19H18ClN5O3. The highest BCUT2D eigenvalue weighted by molar-refractivity contribution is 6.30. The standard InChI is InChI=1S/C19H18ClN5O3/c1-2-11-24-18(27)16(17(26)22-12-14-5-3-4-10-21-14)23-25(19(24)28)15-8-6-13(20)7-9-15/h3-10H,2,11-12H2,1H3,(H,22,26). The van der Waals surface area contributed by atoms with E-state index in [1.54, 1.807) is 48.7 Å². The van der Waals surface area contributed by atoms with Crippen LogP contribution in [0, 0.1) is 0 Å². The lowest BCUT2D eigenvalue weighted by Gasteiger charge is -2.11. The lowest BCUT2D eigenvalue weighted by Crippen LogP contribution is -2.45. The quantitative estimate of drug-likeness (QED) is 0.681. The van der Waals surface area contributed by atoms with Gasteiger partial charge in [0.05, 0.1) is 17.9 Å². The molecule has 0 saturated heterocycles. The first-order chi connectivity index (χ1) is 13.5. The third-order valence-corrected chi connectivity index (χ3v) is 4.20. The average molecular weight is 400 g/mol. The number of aromatic nitrogens is 4. The molecule has 0 bridgehead atoms. The predicted octanol–water partition coefficient (Wildman–Crippen LogP) is 1.78. The zero-order chi connectivity index (χ0) is 20.1. The number of hydrogen-bond donors (Lipinski definition) is 1. The fraction of sp³-hybridized carbons (Fsp3) is 0.211. The van der Waals surface area contributed by atoms with Crippen molar-refractivity contribution in [2.24, 2.45) is 0 Å². The van der Waals surface area contributed by atoms with Crippen LogP contribution in [0.5, 0.6) is 0 Å². The summed E-state index contributed by atoms with van der Waals surface area (Å²) in [4.78, 5) is 42.1. The minimum Gasteiger partial charge on any atom is -0.345 e. The van der Waals surface area contributed by atoms with Crippen molar-refractivity contribution in [2.45, 2.75) is 26.4 Å². The summed E-state index contributed by atoms with van der Waals surface area (Å²) in [6, 6.07) is 11.7. The van der Waals surface area contributed by atoms with E-state index in [1.807, 2.05) is 6.92 Å². The second-order valence-corrected chi connectivity index (χ2v) is 6.42. The maximum absolute atomic E-state index is 12.7. The van der Waals surface area contributed by atoms with E-state index in [0.29, 0.717) is 22.8 Å². The van der Waals surface area contributed by atoms with Gasteiger partial charge in [-0.3, -0.25) is 19.1 Å². The molecule has 0 spiro atoms. The Bertz CT molecular complexity index is 1090. The van der Waals surface area contributed by atoms with E-state index in [-0.39, 0.29) is 18.8 Å². The van der Waals surface area contributed by atoms with Crippen LogP contribution in [0.2, 0.25) is 5.02 Å². The van der Waals surface area contributed by atoms with E-state index >= 15 is 0 Å². The highest BCUT2D eigenvalue weighted by Crippen LogP contribution is 2.11. The number of halogens is 1. The topological polar surface area (TPSA) is 98.9 Å². The van der Waals surface area contributed by atoms with Gasteiger partial charge in [0.15, 0.2) is 0 Å². The van der Waals surface area contributed by atoms with Gasteiger partial charge in [0, 0.05) is 17.8 Å². The summed E-state index contributed by atoms with van der Waals surface area (Å²) >= 11 is 5.89. The average Bonchev–Trinajstić information content (AvgIpc) is 2.71. The molecule has 2 heterocycles. The van der Waals surface area contributed by atoms with E-state index in [1.165, 1.54) is 0 Å². The molecule has 0 aliphatic rings. The first-order valence-electron chi connectivity index (χ1n) is 8.69. The second kappa shape index (κ2) is 8.62. The zero-order valence-electron chi connectivity index (χ0n) is 15.1. The Morgan fingerprint density at radius 2 is 1.89 bits per heavy atom. The molecule has 9 heteroatoms. The Morgan fingerprint density at radius 1 is 1.14 bits per heavy atom. The Labute approximate surface area is 165 Å². The van der Waals surface area contributed by atoms with Crippen molar-refractivity contribution in [3.05, 3.63) is 85.9 Å². The highest BCUT2D eigenvalue weighted by atomic mass is 35.5. The number of rotatable bonds is 6. The van der Waals surface area contributed by atoms with Crippen molar-refractivity contribution in [1.29, 1.82) is 0 Å². The van der Waals surface area contributed by atoms with Crippen LogP contribution in [0.4, 0.5) is 0 Å². The lowest BCUT2D eigenvalue weighted by atomic mass is 10.3. The summed E-state index contributed by atoms with van der Waals surface area (Å²) in [7, 11) is 0. The van der Waals surface area contributed by atoms with Gasteiger partial charge in [0.2, 0.25) is 5.69 Å². The van der Waals surface area contributed by atoms with Crippen LogP contribution in [-0.4, -0.2) is 25.2 Å². The number of carbonyl (C=O) groups excluding carboxylic acids is 1. The molecule has 28 heavy (non-hydrogen) atoms. The zero-order valence-corrected chi connectivity index (χ0v) is 15.9. The minimum absolute atomic E-state index is 0.134. The number of carbonyl (C=O) groups is 1. The molecule has 0 unspecified atom stereocenters. The monoisotopic (exact) mass is 399 g/mol. The highest BCUT2D eigenvalue weighted by Gasteiger charge is 2.20. The van der Waals surface area contributed by atoms with Gasteiger partial charge in [-0.05, 0) is 42.8 Å². The summed E-state index contributed by atoms with van der Waals surface area (Å²) in [6.45, 7) is 2.14. The van der Waals surface area contributed by atoms with Crippen LogP contribution in [0.3, 0.4) is 0 Å². The SMILES string of the molecule is CCCn1c(=O)c(C(=O)NCc2ccccn2)nn(-c2ccc(Cl)cc2)c1=O. The van der Waals surface area contributed by atoms with Crippen LogP contribution in [0.25, 0.3) is 5.69 Å². The van der Waals surface area contributed by atoms with Crippen LogP contribution < -0.4 is 16.6 Å². The summed E-state index contributed by atoms with van der Waals surface area (Å²) < 4.78 is 2.04. The van der Waals surface area contributed by atoms with Gasteiger partial charge in [-0.2, -0.15) is 9.78 Å².